The molecule has 0 radical (unpaired) electrons. The van der Waals surface area contributed by atoms with Crippen LogP contribution >= 0.6 is 0 Å². The van der Waals surface area contributed by atoms with Crippen LogP contribution in [0, 0.1) is 6.92 Å². The van der Waals surface area contributed by atoms with E-state index in [2.05, 4.69) is 19.2 Å². The minimum Gasteiger partial charge on any atom is -0.484 e. The Morgan fingerprint density at radius 2 is 1.76 bits per heavy atom. The largest absolute Gasteiger partial charge is 0.484 e. The lowest BCUT2D eigenvalue weighted by Crippen LogP contribution is -2.33. The summed E-state index contributed by atoms with van der Waals surface area (Å²) in [6.45, 7) is 6.72. The zero-order valence-corrected chi connectivity index (χ0v) is 15.4. The average molecular weight is 341 g/mol. The number of hydrogen-bond donors (Lipinski definition) is 1. The molecule has 4 heteroatoms. The van der Waals surface area contributed by atoms with Crippen LogP contribution in [0.15, 0.2) is 48.5 Å². The Bertz CT molecular complexity index is 680. The standard InChI is InChI=1S/C21H27NO3/c1-15(2)17-9-11-18(12-10-17)25-14-21(23)22-13-20(24-4)19-8-6-5-7-16(19)3/h5-12,15,20H,13-14H2,1-4H3,(H,22,23). The van der Waals surface area contributed by atoms with Crippen molar-refractivity contribution in [2.75, 3.05) is 20.3 Å². The number of amides is 1. The summed E-state index contributed by atoms with van der Waals surface area (Å²) in [5.41, 5.74) is 3.47. The van der Waals surface area contributed by atoms with Gasteiger partial charge in [0.1, 0.15) is 5.75 Å². The van der Waals surface area contributed by atoms with Crippen LogP contribution in [0.2, 0.25) is 0 Å². The molecule has 0 aliphatic heterocycles. The van der Waals surface area contributed by atoms with Crippen molar-refractivity contribution in [3.8, 4) is 5.75 Å². The van der Waals surface area contributed by atoms with Gasteiger partial charge in [-0.15, -0.1) is 0 Å². The highest BCUT2D eigenvalue weighted by molar-refractivity contribution is 5.77. The van der Waals surface area contributed by atoms with E-state index in [4.69, 9.17) is 9.47 Å². The van der Waals surface area contributed by atoms with Crippen LogP contribution in [0.3, 0.4) is 0 Å². The molecular weight excluding hydrogens is 314 g/mol. The molecule has 0 fully saturated rings. The number of rotatable bonds is 8. The molecule has 2 rings (SSSR count). The summed E-state index contributed by atoms with van der Waals surface area (Å²) < 4.78 is 11.1. The van der Waals surface area contributed by atoms with Crippen LogP contribution in [0.1, 0.15) is 42.6 Å². The Morgan fingerprint density at radius 1 is 1.08 bits per heavy atom. The number of hydrogen-bond acceptors (Lipinski definition) is 3. The number of methoxy groups -OCH3 is 1. The van der Waals surface area contributed by atoms with Crippen molar-refractivity contribution in [2.24, 2.45) is 0 Å². The Hall–Kier alpha value is -2.33. The highest BCUT2D eigenvalue weighted by Gasteiger charge is 2.14. The topological polar surface area (TPSA) is 47.6 Å². The maximum Gasteiger partial charge on any atom is 0.258 e. The summed E-state index contributed by atoms with van der Waals surface area (Å²) in [5, 5.41) is 2.87. The molecule has 0 saturated carbocycles. The fourth-order valence-corrected chi connectivity index (χ4v) is 2.62. The van der Waals surface area contributed by atoms with Crippen molar-refractivity contribution in [3.05, 3.63) is 65.2 Å². The Balaban J connectivity index is 1.82. The number of nitrogens with one attached hydrogen (secondary N) is 1. The smallest absolute Gasteiger partial charge is 0.258 e. The monoisotopic (exact) mass is 341 g/mol. The van der Waals surface area contributed by atoms with E-state index in [1.165, 1.54) is 5.56 Å². The van der Waals surface area contributed by atoms with Crippen molar-refractivity contribution in [2.45, 2.75) is 32.8 Å². The third-order valence-electron chi connectivity index (χ3n) is 4.22. The first-order valence-corrected chi connectivity index (χ1v) is 8.59. The highest BCUT2D eigenvalue weighted by atomic mass is 16.5. The highest BCUT2D eigenvalue weighted by Crippen LogP contribution is 2.20. The van der Waals surface area contributed by atoms with Crippen molar-refractivity contribution < 1.29 is 14.3 Å². The van der Waals surface area contributed by atoms with E-state index in [1.54, 1.807) is 7.11 Å². The van der Waals surface area contributed by atoms with Crippen molar-refractivity contribution in [1.82, 2.24) is 5.32 Å². The van der Waals surface area contributed by atoms with Gasteiger partial charge in [-0.3, -0.25) is 4.79 Å². The van der Waals surface area contributed by atoms with Gasteiger partial charge in [-0.2, -0.15) is 0 Å². The predicted molar refractivity (Wildman–Crippen MR) is 100.0 cm³/mol. The van der Waals surface area contributed by atoms with Crippen LogP contribution in [0.4, 0.5) is 0 Å². The molecule has 1 atom stereocenters. The first kappa shape index (κ1) is 19.0. The van der Waals surface area contributed by atoms with Crippen LogP contribution in [-0.2, 0) is 9.53 Å². The molecule has 1 unspecified atom stereocenters. The van der Waals surface area contributed by atoms with Crippen molar-refractivity contribution in [1.29, 1.82) is 0 Å². The second-order valence-corrected chi connectivity index (χ2v) is 6.40. The maximum absolute atomic E-state index is 12.0. The molecular formula is C21H27NO3. The number of aryl methyl sites for hydroxylation is 1. The quantitative estimate of drug-likeness (QED) is 0.789. The summed E-state index contributed by atoms with van der Waals surface area (Å²) >= 11 is 0. The number of carbonyl (C=O) groups is 1. The second-order valence-electron chi connectivity index (χ2n) is 6.40. The molecule has 0 heterocycles. The van der Waals surface area contributed by atoms with Gasteiger partial charge in [0.15, 0.2) is 6.61 Å². The van der Waals surface area contributed by atoms with Crippen LogP contribution < -0.4 is 10.1 Å². The van der Waals surface area contributed by atoms with E-state index < -0.39 is 0 Å². The summed E-state index contributed by atoms with van der Waals surface area (Å²) in [7, 11) is 1.65. The van der Waals surface area contributed by atoms with Gasteiger partial charge in [-0.25, -0.2) is 0 Å². The Kier molecular flexibility index (Phi) is 7.02. The van der Waals surface area contributed by atoms with E-state index in [-0.39, 0.29) is 18.6 Å². The summed E-state index contributed by atoms with van der Waals surface area (Å²) in [4.78, 5) is 12.0. The number of benzene rings is 2. The van der Waals surface area contributed by atoms with Crippen LogP contribution in [0.25, 0.3) is 0 Å². The maximum atomic E-state index is 12.0. The summed E-state index contributed by atoms with van der Waals surface area (Å²) in [6.07, 6.45) is -0.171. The lowest BCUT2D eigenvalue weighted by atomic mass is 10.0. The van der Waals surface area contributed by atoms with E-state index in [0.717, 1.165) is 11.1 Å². The van der Waals surface area contributed by atoms with Gasteiger partial charge >= 0.3 is 0 Å². The molecule has 1 amide bonds. The van der Waals surface area contributed by atoms with Gasteiger partial charge in [0.25, 0.3) is 5.91 Å². The van der Waals surface area contributed by atoms with Gasteiger partial charge in [0.2, 0.25) is 0 Å². The molecule has 25 heavy (non-hydrogen) atoms. The second kappa shape index (κ2) is 9.23. The van der Waals surface area contributed by atoms with E-state index in [1.807, 2.05) is 55.5 Å². The molecule has 0 saturated heterocycles. The molecule has 0 bridgehead atoms. The minimum atomic E-state index is -0.171. The molecule has 2 aromatic rings. The zero-order valence-electron chi connectivity index (χ0n) is 15.4. The predicted octanol–water partition coefficient (Wildman–Crippen LogP) is 4.00. The van der Waals surface area contributed by atoms with E-state index >= 15 is 0 Å². The fourth-order valence-electron chi connectivity index (χ4n) is 2.62. The molecule has 0 aliphatic carbocycles. The summed E-state index contributed by atoms with van der Waals surface area (Å²) in [5.74, 6) is 1.01. The van der Waals surface area contributed by atoms with Gasteiger partial charge in [-0.05, 0) is 41.7 Å². The van der Waals surface area contributed by atoms with Crippen LogP contribution in [0.5, 0.6) is 5.75 Å². The molecule has 0 aromatic heterocycles. The number of carbonyl (C=O) groups excluding carboxylic acids is 1. The lowest BCUT2D eigenvalue weighted by Gasteiger charge is -2.18. The van der Waals surface area contributed by atoms with Gasteiger partial charge < -0.3 is 14.8 Å². The normalized spacial score (nSPS) is 12.0. The molecule has 4 nitrogen and oxygen atoms in total. The summed E-state index contributed by atoms with van der Waals surface area (Å²) in [6, 6.07) is 15.9. The number of ether oxygens (including phenoxy) is 2. The average Bonchev–Trinajstić information content (AvgIpc) is 2.62. The lowest BCUT2D eigenvalue weighted by molar-refractivity contribution is -0.123. The molecule has 1 N–H and O–H groups in total. The Labute approximate surface area is 150 Å². The molecule has 2 aromatic carbocycles. The van der Waals surface area contributed by atoms with Gasteiger partial charge in [0, 0.05) is 13.7 Å². The Morgan fingerprint density at radius 3 is 2.36 bits per heavy atom. The third-order valence-corrected chi connectivity index (χ3v) is 4.22. The van der Waals surface area contributed by atoms with Crippen LogP contribution in [-0.4, -0.2) is 26.2 Å². The third kappa shape index (κ3) is 5.61. The molecule has 0 spiro atoms. The van der Waals surface area contributed by atoms with E-state index in [0.29, 0.717) is 18.2 Å². The minimum absolute atomic E-state index is 0.00870. The first-order valence-electron chi connectivity index (χ1n) is 8.59. The fraction of sp³-hybridized carbons (Fsp3) is 0.381. The zero-order chi connectivity index (χ0) is 18.2. The van der Waals surface area contributed by atoms with Gasteiger partial charge in [0.05, 0.1) is 6.10 Å². The molecule has 0 aliphatic rings. The van der Waals surface area contributed by atoms with E-state index in [9.17, 15) is 4.79 Å². The SMILES string of the molecule is COC(CNC(=O)COc1ccc(C(C)C)cc1)c1ccccc1C. The van der Waals surface area contributed by atoms with Gasteiger partial charge in [-0.1, -0.05) is 50.2 Å². The molecule has 134 valence electrons. The van der Waals surface area contributed by atoms with Crippen molar-refractivity contribution >= 4 is 5.91 Å². The van der Waals surface area contributed by atoms with Crippen molar-refractivity contribution in [3.63, 3.8) is 0 Å². The first-order chi connectivity index (χ1) is 12.0.